The number of aliphatic imine (C=N–C) groups is 1. The lowest BCUT2D eigenvalue weighted by Gasteiger charge is -2.34. The maximum absolute atomic E-state index is 14.4. The number of ether oxygens (including phenoxy) is 3. The molecule has 0 radical (unpaired) electrons. The Hall–Kier alpha value is -3.04. The maximum atomic E-state index is 14.4. The van der Waals surface area contributed by atoms with Crippen molar-refractivity contribution in [3.8, 4) is 0 Å². The standard InChI is InChI=1S/C25H21N2O6/c1-23(2)32-20-18(12-28)31-21-24(15-11-26-16-9-5-3-7-13(15)16)19(29)14-8-4-6-10-17(14)27(24)22(30)25(20,21)33-23/h3-11,18,20-21,28H,12H2,1-2H3/q+1/t18-,20-,21+,24-,25-/m0/s1. The monoisotopic (exact) mass is 445 g/mol. The van der Waals surface area contributed by atoms with Crippen LogP contribution in [-0.4, -0.2) is 64.9 Å². The number of hydrogen-bond acceptors (Lipinski definition) is 7. The highest BCUT2D eigenvalue weighted by Crippen LogP contribution is 2.63. The van der Waals surface area contributed by atoms with Gasteiger partial charge in [-0.3, -0.25) is 14.5 Å². The summed E-state index contributed by atoms with van der Waals surface area (Å²) in [6, 6.07) is 7.07. The Balaban J connectivity index is 1.55. The Bertz CT molecular complexity index is 1280. The third-order valence-electron chi connectivity index (χ3n) is 7.41. The summed E-state index contributed by atoms with van der Waals surface area (Å²) < 4.78 is 18.8. The van der Waals surface area contributed by atoms with Crippen LogP contribution < -0.4 is 4.90 Å². The first kappa shape index (κ1) is 19.4. The van der Waals surface area contributed by atoms with E-state index in [2.05, 4.69) is 4.99 Å². The van der Waals surface area contributed by atoms with Crippen LogP contribution in [0.25, 0.3) is 0 Å². The summed E-state index contributed by atoms with van der Waals surface area (Å²) >= 11 is 0. The zero-order valence-electron chi connectivity index (χ0n) is 18.0. The molecule has 166 valence electrons. The molecule has 1 amide bonds. The number of nitrogens with zero attached hydrogens (tertiary/aromatic N) is 2. The van der Waals surface area contributed by atoms with Gasteiger partial charge in [-0.1, -0.05) is 12.1 Å². The summed E-state index contributed by atoms with van der Waals surface area (Å²) in [7, 11) is 0. The third-order valence-corrected chi connectivity index (χ3v) is 7.41. The van der Waals surface area contributed by atoms with Gasteiger partial charge in [-0.25, -0.2) is 0 Å². The molecule has 1 N–H and O–H groups in total. The van der Waals surface area contributed by atoms with E-state index in [4.69, 9.17) is 14.2 Å². The lowest BCUT2D eigenvalue weighted by atomic mass is 9.74. The Labute approximate surface area is 189 Å². The molecule has 5 heterocycles. The molecule has 0 unspecified atom stereocenters. The summed E-state index contributed by atoms with van der Waals surface area (Å²) in [5.74, 6) is -1.74. The summed E-state index contributed by atoms with van der Waals surface area (Å²) in [6.45, 7) is 3.08. The minimum atomic E-state index is -1.57. The quantitative estimate of drug-likeness (QED) is 0.696. The number of carbonyl (C=O) groups is 2. The normalized spacial score (nSPS) is 38.8. The number of allylic oxidation sites excluding steroid dienone is 4. The number of amides is 1. The van der Waals surface area contributed by atoms with Crippen LogP contribution >= 0.6 is 0 Å². The smallest absolute Gasteiger partial charge is 0.267 e. The van der Waals surface area contributed by atoms with Crippen LogP contribution in [0, 0.1) is 6.42 Å². The van der Waals surface area contributed by atoms with Crippen molar-refractivity contribution in [2.24, 2.45) is 4.99 Å². The van der Waals surface area contributed by atoms with Crippen LogP contribution in [0.5, 0.6) is 0 Å². The van der Waals surface area contributed by atoms with E-state index in [-0.39, 0.29) is 12.4 Å². The number of ketones is 1. The molecule has 8 nitrogen and oxygen atoms in total. The number of carbonyl (C=O) groups excluding carboxylic acids is 2. The van der Waals surface area contributed by atoms with Crippen LogP contribution in [0.1, 0.15) is 24.2 Å². The average molecular weight is 445 g/mol. The first-order chi connectivity index (χ1) is 15.9. The first-order valence-corrected chi connectivity index (χ1v) is 11.0. The lowest BCUT2D eigenvalue weighted by molar-refractivity contribution is -0.205. The minimum absolute atomic E-state index is 0.253. The number of hydrogen-bond donors (Lipinski definition) is 1. The van der Waals surface area contributed by atoms with Gasteiger partial charge in [-0.15, -0.1) is 0 Å². The molecular weight excluding hydrogens is 424 g/mol. The van der Waals surface area contributed by atoms with Crippen molar-refractivity contribution in [1.82, 2.24) is 0 Å². The molecule has 1 aromatic rings. The predicted molar refractivity (Wildman–Crippen MR) is 117 cm³/mol. The second-order valence-electron chi connectivity index (χ2n) is 9.51. The van der Waals surface area contributed by atoms with Gasteiger partial charge in [-0.05, 0) is 26.0 Å². The van der Waals surface area contributed by atoms with E-state index in [0.29, 0.717) is 16.8 Å². The van der Waals surface area contributed by atoms with Crippen LogP contribution in [0.4, 0.5) is 5.69 Å². The minimum Gasteiger partial charge on any atom is -0.394 e. The Morgan fingerprint density at radius 3 is 2.88 bits per heavy atom. The van der Waals surface area contributed by atoms with Gasteiger partial charge < -0.3 is 19.3 Å². The number of aliphatic hydroxyl groups is 1. The fourth-order valence-corrected chi connectivity index (χ4v) is 6.35. The van der Waals surface area contributed by atoms with Gasteiger partial charge in [0, 0.05) is 30.2 Å². The highest BCUT2D eigenvalue weighted by atomic mass is 16.8. The second-order valence-corrected chi connectivity index (χ2v) is 9.51. The maximum Gasteiger partial charge on any atom is 0.267 e. The predicted octanol–water partition coefficient (Wildman–Crippen LogP) is 1.66. The van der Waals surface area contributed by atoms with Gasteiger partial charge in [0.05, 0.1) is 24.1 Å². The van der Waals surface area contributed by atoms with Crippen LogP contribution in [0.15, 0.2) is 64.3 Å². The van der Waals surface area contributed by atoms with Crippen molar-refractivity contribution >= 4 is 23.6 Å². The third kappa shape index (κ3) is 1.99. The molecule has 8 heteroatoms. The molecule has 0 aromatic heterocycles. The molecule has 1 aliphatic carbocycles. The largest absolute Gasteiger partial charge is 0.394 e. The average Bonchev–Trinajstić information content (AvgIpc) is 3.53. The van der Waals surface area contributed by atoms with E-state index in [9.17, 15) is 14.7 Å². The number of aliphatic hydroxyl groups excluding tert-OH is 1. The lowest BCUT2D eigenvalue weighted by Crippen LogP contribution is -2.58. The van der Waals surface area contributed by atoms with Gasteiger partial charge >= 0.3 is 0 Å². The van der Waals surface area contributed by atoms with E-state index in [0.717, 1.165) is 11.3 Å². The molecule has 1 aromatic carbocycles. The highest BCUT2D eigenvalue weighted by molar-refractivity contribution is 6.29. The number of rotatable bonds is 2. The molecule has 6 aliphatic rings. The summed E-state index contributed by atoms with van der Waals surface area (Å²) in [5, 5.41) is 10.1. The van der Waals surface area contributed by atoms with E-state index < -0.39 is 41.1 Å². The van der Waals surface area contributed by atoms with Gasteiger partial charge in [0.25, 0.3) is 5.91 Å². The SMILES string of the molecule is CC1(C)O[C@H]2[C@H](CO)O[C@H]3[C@]2(O1)C(=O)N1c2ccccc2C(=O)[C@@]31C1=C2[CH+]C=CC=C2N=C1. The zero-order chi connectivity index (χ0) is 22.8. The van der Waals surface area contributed by atoms with E-state index in [1.165, 1.54) is 4.90 Å². The molecule has 5 atom stereocenters. The molecule has 3 saturated heterocycles. The van der Waals surface area contributed by atoms with Crippen molar-refractivity contribution in [2.75, 3.05) is 11.5 Å². The van der Waals surface area contributed by atoms with Gasteiger partial charge in [0.2, 0.25) is 16.9 Å². The van der Waals surface area contributed by atoms with Crippen molar-refractivity contribution in [3.63, 3.8) is 0 Å². The first-order valence-electron chi connectivity index (χ1n) is 11.0. The molecule has 0 saturated carbocycles. The van der Waals surface area contributed by atoms with Crippen LogP contribution in [0.2, 0.25) is 0 Å². The fourth-order valence-electron chi connectivity index (χ4n) is 6.35. The molecular formula is C25H21N2O6+. The zero-order valence-corrected chi connectivity index (χ0v) is 18.0. The number of anilines is 1. The van der Waals surface area contributed by atoms with E-state index in [1.807, 2.05) is 24.6 Å². The van der Waals surface area contributed by atoms with Gasteiger partial charge in [-0.2, -0.15) is 4.99 Å². The molecule has 3 fully saturated rings. The molecule has 33 heavy (non-hydrogen) atoms. The van der Waals surface area contributed by atoms with Crippen molar-refractivity contribution in [1.29, 1.82) is 0 Å². The Morgan fingerprint density at radius 1 is 1.24 bits per heavy atom. The number of para-hydroxylation sites is 1. The van der Waals surface area contributed by atoms with Crippen LogP contribution in [0.3, 0.4) is 0 Å². The fraction of sp³-hybridized carbons (Fsp3) is 0.360. The number of fused-ring (bicyclic) bond motifs is 5. The molecule has 5 aliphatic heterocycles. The molecule has 0 bridgehead atoms. The topological polar surface area (TPSA) is 97.7 Å². The molecule has 7 rings (SSSR count). The van der Waals surface area contributed by atoms with Gasteiger partial charge in [0.15, 0.2) is 11.5 Å². The summed E-state index contributed by atoms with van der Waals surface area (Å²) in [4.78, 5) is 34.7. The van der Waals surface area contributed by atoms with Gasteiger partial charge in [0.1, 0.15) is 23.9 Å². The summed E-state index contributed by atoms with van der Waals surface area (Å²) in [5.41, 5.74) is -0.0773. The molecule has 1 spiro atoms. The second kappa shape index (κ2) is 5.90. The Kier molecular flexibility index (Phi) is 3.47. The number of Topliss-reactive ketones (excluding diaryl/α,β-unsaturated/α-hetero) is 1. The van der Waals surface area contributed by atoms with Crippen molar-refractivity contribution in [3.05, 3.63) is 71.3 Å². The van der Waals surface area contributed by atoms with E-state index >= 15 is 0 Å². The Morgan fingerprint density at radius 2 is 2.06 bits per heavy atom. The highest BCUT2D eigenvalue weighted by Gasteiger charge is 2.86. The summed E-state index contributed by atoms with van der Waals surface area (Å²) in [6.07, 6.45) is 6.46. The van der Waals surface area contributed by atoms with Crippen molar-refractivity contribution in [2.45, 2.75) is 49.1 Å². The van der Waals surface area contributed by atoms with Crippen LogP contribution in [-0.2, 0) is 19.0 Å². The number of benzene rings is 1. The van der Waals surface area contributed by atoms with E-state index in [1.54, 1.807) is 44.3 Å². The van der Waals surface area contributed by atoms with Crippen molar-refractivity contribution < 1.29 is 28.9 Å².